The quantitative estimate of drug-likeness (QED) is 0.679. The summed E-state index contributed by atoms with van der Waals surface area (Å²) in [6.07, 6.45) is 7.57. The van der Waals surface area contributed by atoms with Gasteiger partial charge in [0.05, 0.1) is 5.92 Å². The Hall–Kier alpha value is -0.860. The lowest BCUT2D eigenvalue weighted by atomic mass is 9.90. The second kappa shape index (κ2) is 6.66. The summed E-state index contributed by atoms with van der Waals surface area (Å²) in [6.45, 7) is 2.17. The van der Waals surface area contributed by atoms with Crippen LogP contribution in [0.5, 0.6) is 0 Å². The lowest BCUT2D eigenvalue weighted by Crippen LogP contribution is -2.22. The largest absolute Gasteiger partial charge is 0.481 e. The predicted octanol–water partition coefficient (Wildman–Crippen LogP) is 3.03. The monoisotopic (exact) mass is 226 g/mol. The second-order valence-corrected chi connectivity index (χ2v) is 4.76. The van der Waals surface area contributed by atoms with Crippen LogP contribution in [0, 0.1) is 11.8 Å². The minimum atomic E-state index is -0.788. The van der Waals surface area contributed by atoms with Crippen molar-refractivity contribution >= 4 is 11.8 Å². The van der Waals surface area contributed by atoms with E-state index in [9.17, 15) is 9.59 Å². The average Bonchev–Trinajstić information content (AvgIpc) is 2.60. The van der Waals surface area contributed by atoms with E-state index >= 15 is 0 Å². The average molecular weight is 226 g/mol. The number of carboxylic acids is 1. The molecule has 1 rings (SSSR count). The summed E-state index contributed by atoms with van der Waals surface area (Å²) in [4.78, 5) is 22.5. The van der Waals surface area contributed by atoms with E-state index < -0.39 is 11.9 Å². The SMILES string of the molecule is CCCCCCC[C@@H]1C(=O)CC[C@H]1C(=O)O. The molecular weight excluding hydrogens is 204 g/mol. The van der Waals surface area contributed by atoms with Crippen LogP contribution in [0.4, 0.5) is 0 Å². The number of hydrogen-bond acceptors (Lipinski definition) is 2. The Bertz CT molecular complexity index is 248. The Balaban J connectivity index is 2.27. The van der Waals surface area contributed by atoms with Gasteiger partial charge in [-0.2, -0.15) is 0 Å². The van der Waals surface area contributed by atoms with Gasteiger partial charge in [0.2, 0.25) is 0 Å². The molecule has 0 aromatic carbocycles. The van der Waals surface area contributed by atoms with Crippen LogP contribution in [-0.2, 0) is 9.59 Å². The number of carbonyl (C=O) groups excluding carboxylic acids is 1. The fourth-order valence-corrected chi connectivity index (χ4v) is 2.53. The van der Waals surface area contributed by atoms with Gasteiger partial charge in [-0.1, -0.05) is 39.0 Å². The molecule has 0 radical (unpaired) electrons. The van der Waals surface area contributed by atoms with Crippen LogP contribution < -0.4 is 0 Å². The lowest BCUT2D eigenvalue weighted by Gasteiger charge is -2.13. The van der Waals surface area contributed by atoms with Crippen LogP contribution in [0.2, 0.25) is 0 Å². The maximum Gasteiger partial charge on any atom is 0.307 e. The standard InChI is InChI=1S/C13H22O3/c1-2-3-4-5-6-7-10-11(13(15)16)8-9-12(10)14/h10-11H,2-9H2,1H3,(H,15,16)/t10-,11+/m0/s1. The second-order valence-electron chi connectivity index (χ2n) is 4.76. The Morgan fingerprint density at radius 1 is 1.31 bits per heavy atom. The molecule has 3 heteroatoms. The van der Waals surface area contributed by atoms with Crippen molar-refractivity contribution in [2.75, 3.05) is 0 Å². The van der Waals surface area contributed by atoms with Crippen LogP contribution in [-0.4, -0.2) is 16.9 Å². The van der Waals surface area contributed by atoms with Gasteiger partial charge in [-0.15, -0.1) is 0 Å². The molecule has 1 fully saturated rings. The summed E-state index contributed by atoms with van der Waals surface area (Å²) in [5, 5.41) is 8.99. The van der Waals surface area contributed by atoms with Crippen LogP contribution in [0.25, 0.3) is 0 Å². The minimum absolute atomic E-state index is 0.169. The molecule has 2 atom stereocenters. The van der Waals surface area contributed by atoms with Crippen molar-refractivity contribution in [3.05, 3.63) is 0 Å². The number of ketones is 1. The Kier molecular flexibility index (Phi) is 5.50. The molecule has 1 aliphatic carbocycles. The molecule has 1 N–H and O–H groups in total. The van der Waals surface area contributed by atoms with Gasteiger partial charge in [0.25, 0.3) is 0 Å². The highest BCUT2D eigenvalue weighted by Gasteiger charge is 2.38. The van der Waals surface area contributed by atoms with Gasteiger partial charge in [0.15, 0.2) is 0 Å². The van der Waals surface area contributed by atoms with E-state index in [2.05, 4.69) is 6.92 Å². The van der Waals surface area contributed by atoms with Gasteiger partial charge in [-0.25, -0.2) is 0 Å². The van der Waals surface area contributed by atoms with Gasteiger partial charge < -0.3 is 5.11 Å². The number of rotatable bonds is 7. The highest BCUT2D eigenvalue weighted by atomic mass is 16.4. The Morgan fingerprint density at radius 3 is 2.62 bits per heavy atom. The highest BCUT2D eigenvalue weighted by Crippen LogP contribution is 2.32. The summed E-state index contributed by atoms with van der Waals surface area (Å²) >= 11 is 0. The lowest BCUT2D eigenvalue weighted by molar-refractivity contribution is -0.144. The summed E-state index contributed by atoms with van der Waals surface area (Å²) in [6, 6.07) is 0. The summed E-state index contributed by atoms with van der Waals surface area (Å²) in [5.41, 5.74) is 0. The molecular formula is C13H22O3. The molecule has 0 unspecified atom stereocenters. The van der Waals surface area contributed by atoms with Crippen molar-refractivity contribution in [2.24, 2.45) is 11.8 Å². The van der Waals surface area contributed by atoms with Crippen LogP contribution in [0.15, 0.2) is 0 Å². The van der Waals surface area contributed by atoms with Gasteiger partial charge in [-0.05, 0) is 12.8 Å². The van der Waals surface area contributed by atoms with Crippen molar-refractivity contribution in [2.45, 2.75) is 58.3 Å². The highest BCUT2D eigenvalue weighted by molar-refractivity contribution is 5.89. The molecule has 0 spiro atoms. The third kappa shape index (κ3) is 3.62. The molecule has 0 bridgehead atoms. The molecule has 3 nitrogen and oxygen atoms in total. The number of hydrogen-bond donors (Lipinski definition) is 1. The van der Waals surface area contributed by atoms with Crippen molar-refractivity contribution in [3.8, 4) is 0 Å². The van der Waals surface area contributed by atoms with Crippen LogP contribution in [0.3, 0.4) is 0 Å². The smallest absolute Gasteiger partial charge is 0.307 e. The third-order valence-corrected chi connectivity index (χ3v) is 3.54. The summed E-state index contributed by atoms with van der Waals surface area (Å²) < 4.78 is 0. The first-order valence-electron chi connectivity index (χ1n) is 6.42. The topological polar surface area (TPSA) is 54.4 Å². The zero-order chi connectivity index (χ0) is 12.0. The van der Waals surface area contributed by atoms with Crippen LogP contribution in [0.1, 0.15) is 58.3 Å². The number of unbranched alkanes of at least 4 members (excludes halogenated alkanes) is 4. The van der Waals surface area contributed by atoms with E-state index in [1.54, 1.807) is 0 Å². The zero-order valence-corrected chi connectivity index (χ0v) is 10.1. The summed E-state index contributed by atoms with van der Waals surface area (Å²) in [7, 11) is 0. The molecule has 0 amide bonds. The normalized spacial score (nSPS) is 24.9. The first-order valence-corrected chi connectivity index (χ1v) is 6.42. The molecule has 0 saturated heterocycles. The number of carbonyl (C=O) groups is 2. The van der Waals surface area contributed by atoms with Crippen LogP contribution >= 0.6 is 0 Å². The number of Topliss-reactive ketones (excluding diaryl/α,β-unsaturated/α-hetero) is 1. The maximum absolute atomic E-state index is 11.5. The van der Waals surface area contributed by atoms with Crippen molar-refractivity contribution in [3.63, 3.8) is 0 Å². The van der Waals surface area contributed by atoms with E-state index in [0.29, 0.717) is 12.8 Å². The molecule has 0 aromatic heterocycles. The van der Waals surface area contributed by atoms with E-state index in [0.717, 1.165) is 19.3 Å². The number of aliphatic carboxylic acids is 1. The summed E-state index contributed by atoms with van der Waals surface area (Å²) in [5.74, 6) is -1.22. The fraction of sp³-hybridized carbons (Fsp3) is 0.846. The molecule has 92 valence electrons. The van der Waals surface area contributed by atoms with Gasteiger partial charge in [0, 0.05) is 12.3 Å². The van der Waals surface area contributed by atoms with Crippen molar-refractivity contribution in [1.82, 2.24) is 0 Å². The Morgan fingerprint density at radius 2 is 2.00 bits per heavy atom. The first-order chi connectivity index (χ1) is 7.66. The molecule has 1 saturated carbocycles. The van der Waals surface area contributed by atoms with E-state index in [4.69, 9.17) is 5.11 Å². The number of carboxylic acid groups (broad SMARTS) is 1. The Labute approximate surface area is 97.2 Å². The molecule has 1 aliphatic rings. The van der Waals surface area contributed by atoms with Crippen molar-refractivity contribution in [1.29, 1.82) is 0 Å². The molecule has 0 heterocycles. The van der Waals surface area contributed by atoms with Gasteiger partial charge in [-0.3, -0.25) is 9.59 Å². The van der Waals surface area contributed by atoms with Gasteiger partial charge >= 0.3 is 5.97 Å². The first kappa shape index (κ1) is 13.2. The van der Waals surface area contributed by atoms with Gasteiger partial charge in [0.1, 0.15) is 5.78 Å². The van der Waals surface area contributed by atoms with E-state index in [-0.39, 0.29) is 11.7 Å². The molecule has 0 aliphatic heterocycles. The molecule has 0 aromatic rings. The van der Waals surface area contributed by atoms with E-state index in [1.165, 1.54) is 19.3 Å². The third-order valence-electron chi connectivity index (χ3n) is 3.54. The van der Waals surface area contributed by atoms with Crippen molar-refractivity contribution < 1.29 is 14.7 Å². The molecule has 16 heavy (non-hydrogen) atoms. The fourth-order valence-electron chi connectivity index (χ4n) is 2.53. The zero-order valence-electron chi connectivity index (χ0n) is 10.1. The minimum Gasteiger partial charge on any atom is -0.481 e. The maximum atomic E-state index is 11.5. The predicted molar refractivity (Wildman–Crippen MR) is 62.2 cm³/mol. The van der Waals surface area contributed by atoms with E-state index in [1.807, 2.05) is 0 Å².